The van der Waals surface area contributed by atoms with Gasteiger partial charge >= 0.3 is 0 Å². The second-order valence-electron chi connectivity index (χ2n) is 3.89. The standard InChI is InChI=1S/C14H8ClFN2O2/c15-8-4-5-13(19)9(6-8)14(20)18-12-3-1-2-11(16)10(12)7-17/h1-6,19H,(H,18,20). The van der Waals surface area contributed by atoms with Gasteiger partial charge in [0.1, 0.15) is 23.2 Å². The lowest BCUT2D eigenvalue weighted by Gasteiger charge is -2.09. The van der Waals surface area contributed by atoms with Crippen LogP contribution in [-0.2, 0) is 0 Å². The van der Waals surface area contributed by atoms with Crippen LogP contribution in [0.3, 0.4) is 0 Å². The van der Waals surface area contributed by atoms with Gasteiger partial charge in [-0.05, 0) is 30.3 Å². The van der Waals surface area contributed by atoms with Crippen molar-refractivity contribution in [1.82, 2.24) is 0 Å². The summed E-state index contributed by atoms with van der Waals surface area (Å²) in [5, 5.41) is 21.1. The predicted octanol–water partition coefficient (Wildman–Crippen LogP) is 3.31. The summed E-state index contributed by atoms with van der Waals surface area (Å²) in [7, 11) is 0. The van der Waals surface area contributed by atoms with E-state index >= 15 is 0 Å². The molecule has 0 saturated heterocycles. The van der Waals surface area contributed by atoms with Crippen LogP contribution >= 0.6 is 11.6 Å². The molecule has 0 saturated carbocycles. The van der Waals surface area contributed by atoms with E-state index in [9.17, 15) is 14.3 Å². The molecule has 1 amide bonds. The second-order valence-corrected chi connectivity index (χ2v) is 4.33. The number of nitrogens with one attached hydrogen (secondary N) is 1. The summed E-state index contributed by atoms with van der Waals surface area (Å²) < 4.78 is 13.4. The molecule has 0 aliphatic carbocycles. The summed E-state index contributed by atoms with van der Waals surface area (Å²) in [6.07, 6.45) is 0. The number of halogens is 2. The number of phenolic OH excluding ortho intramolecular Hbond substituents is 1. The van der Waals surface area contributed by atoms with Crippen LogP contribution in [0.4, 0.5) is 10.1 Å². The van der Waals surface area contributed by atoms with Gasteiger partial charge in [-0.2, -0.15) is 5.26 Å². The highest BCUT2D eigenvalue weighted by Crippen LogP contribution is 2.24. The minimum absolute atomic E-state index is 0.0249. The van der Waals surface area contributed by atoms with Gasteiger partial charge in [0.25, 0.3) is 5.91 Å². The fourth-order valence-corrected chi connectivity index (χ4v) is 1.79. The van der Waals surface area contributed by atoms with E-state index in [0.29, 0.717) is 0 Å². The van der Waals surface area contributed by atoms with E-state index in [0.717, 1.165) is 6.07 Å². The molecule has 2 rings (SSSR count). The average Bonchev–Trinajstić information content (AvgIpc) is 2.41. The molecule has 2 aromatic rings. The number of anilines is 1. The van der Waals surface area contributed by atoms with Crippen LogP contribution in [0.25, 0.3) is 0 Å². The molecular formula is C14H8ClFN2O2. The van der Waals surface area contributed by atoms with Crippen molar-refractivity contribution >= 4 is 23.2 Å². The maximum absolute atomic E-state index is 13.4. The molecule has 0 spiro atoms. The van der Waals surface area contributed by atoms with Crippen LogP contribution in [-0.4, -0.2) is 11.0 Å². The molecule has 6 heteroatoms. The largest absolute Gasteiger partial charge is 0.507 e. The van der Waals surface area contributed by atoms with E-state index < -0.39 is 11.7 Å². The Bertz CT molecular complexity index is 726. The Kier molecular flexibility index (Phi) is 3.87. The molecule has 0 bridgehead atoms. The summed E-state index contributed by atoms with van der Waals surface area (Å²) in [5.41, 5.74) is -0.315. The minimum atomic E-state index is -0.736. The molecule has 0 heterocycles. The molecule has 20 heavy (non-hydrogen) atoms. The lowest BCUT2D eigenvalue weighted by molar-refractivity contribution is 0.102. The van der Waals surface area contributed by atoms with E-state index in [-0.39, 0.29) is 27.6 Å². The van der Waals surface area contributed by atoms with Gasteiger partial charge in [0.05, 0.1) is 11.3 Å². The highest BCUT2D eigenvalue weighted by Gasteiger charge is 2.15. The van der Waals surface area contributed by atoms with Crippen LogP contribution in [0, 0.1) is 17.1 Å². The topological polar surface area (TPSA) is 73.1 Å². The van der Waals surface area contributed by atoms with Gasteiger partial charge in [-0.25, -0.2) is 4.39 Å². The Morgan fingerprint density at radius 1 is 1.35 bits per heavy atom. The summed E-state index contributed by atoms with van der Waals surface area (Å²) >= 11 is 5.74. The quantitative estimate of drug-likeness (QED) is 0.891. The number of benzene rings is 2. The van der Waals surface area contributed by atoms with E-state index in [2.05, 4.69) is 5.32 Å². The Labute approximate surface area is 119 Å². The maximum atomic E-state index is 13.4. The molecule has 0 aliphatic heterocycles. The first-order valence-corrected chi connectivity index (χ1v) is 5.89. The molecule has 0 atom stereocenters. The van der Waals surface area contributed by atoms with Crippen LogP contribution in [0.2, 0.25) is 5.02 Å². The maximum Gasteiger partial charge on any atom is 0.259 e. The Morgan fingerprint density at radius 2 is 2.10 bits per heavy atom. The van der Waals surface area contributed by atoms with Gasteiger partial charge in [0.2, 0.25) is 0 Å². The number of rotatable bonds is 2. The molecule has 0 aromatic heterocycles. The normalized spacial score (nSPS) is 9.85. The van der Waals surface area contributed by atoms with Gasteiger partial charge < -0.3 is 10.4 Å². The Morgan fingerprint density at radius 3 is 2.80 bits per heavy atom. The van der Waals surface area contributed by atoms with E-state index in [1.54, 1.807) is 6.07 Å². The number of nitrogens with zero attached hydrogens (tertiary/aromatic N) is 1. The zero-order chi connectivity index (χ0) is 14.7. The lowest BCUT2D eigenvalue weighted by atomic mass is 10.1. The summed E-state index contributed by atoms with van der Waals surface area (Å²) in [6.45, 7) is 0. The fraction of sp³-hybridized carbons (Fsp3) is 0. The first-order valence-electron chi connectivity index (χ1n) is 5.51. The van der Waals surface area contributed by atoms with Crippen molar-refractivity contribution in [3.8, 4) is 11.8 Å². The second kappa shape index (κ2) is 5.59. The van der Waals surface area contributed by atoms with Gasteiger partial charge in [-0.3, -0.25) is 4.79 Å². The molecular weight excluding hydrogens is 283 g/mol. The number of hydrogen-bond donors (Lipinski definition) is 2. The molecule has 4 nitrogen and oxygen atoms in total. The van der Waals surface area contributed by atoms with E-state index in [1.165, 1.54) is 30.3 Å². The number of hydrogen-bond acceptors (Lipinski definition) is 3. The Balaban J connectivity index is 2.36. The smallest absolute Gasteiger partial charge is 0.259 e. The fourth-order valence-electron chi connectivity index (χ4n) is 1.62. The van der Waals surface area contributed by atoms with Crippen molar-refractivity contribution < 1.29 is 14.3 Å². The van der Waals surface area contributed by atoms with Gasteiger partial charge in [0, 0.05) is 5.02 Å². The lowest BCUT2D eigenvalue weighted by Crippen LogP contribution is -2.13. The summed E-state index contributed by atoms with van der Waals surface area (Å²) in [6, 6.07) is 9.51. The number of nitriles is 1. The predicted molar refractivity (Wildman–Crippen MR) is 72.2 cm³/mol. The molecule has 100 valence electrons. The third kappa shape index (κ3) is 2.71. The number of phenols is 1. The van der Waals surface area contributed by atoms with Crippen molar-refractivity contribution in [2.45, 2.75) is 0 Å². The average molecular weight is 291 g/mol. The van der Waals surface area contributed by atoms with Crippen molar-refractivity contribution in [3.05, 3.63) is 58.4 Å². The molecule has 0 radical (unpaired) electrons. The van der Waals surface area contributed by atoms with Crippen molar-refractivity contribution in [1.29, 1.82) is 5.26 Å². The molecule has 0 fully saturated rings. The number of carbonyl (C=O) groups excluding carboxylic acids is 1. The first kappa shape index (κ1) is 13.8. The van der Waals surface area contributed by atoms with Crippen LogP contribution in [0.15, 0.2) is 36.4 Å². The number of amides is 1. The molecule has 2 N–H and O–H groups in total. The summed E-state index contributed by atoms with van der Waals surface area (Å²) in [5.74, 6) is -1.69. The molecule has 2 aromatic carbocycles. The first-order chi connectivity index (χ1) is 9.52. The van der Waals surface area contributed by atoms with Crippen LogP contribution in [0.1, 0.15) is 15.9 Å². The van der Waals surface area contributed by atoms with Crippen molar-refractivity contribution in [3.63, 3.8) is 0 Å². The molecule has 0 unspecified atom stereocenters. The van der Waals surface area contributed by atoms with E-state index in [4.69, 9.17) is 16.9 Å². The monoisotopic (exact) mass is 290 g/mol. The molecule has 0 aliphatic rings. The van der Waals surface area contributed by atoms with Crippen molar-refractivity contribution in [2.24, 2.45) is 0 Å². The highest BCUT2D eigenvalue weighted by atomic mass is 35.5. The van der Waals surface area contributed by atoms with Crippen LogP contribution < -0.4 is 5.32 Å². The zero-order valence-corrected chi connectivity index (χ0v) is 10.8. The third-order valence-electron chi connectivity index (χ3n) is 2.58. The number of carbonyl (C=O) groups is 1. The summed E-state index contributed by atoms with van der Waals surface area (Å²) in [4.78, 5) is 12.0. The van der Waals surface area contributed by atoms with Crippen molar-refractivity contribution in [2.75, 3.05) is 5.32 Å². The number of aromatic hydroxyl groups is 1. The van der Waals surface area contributed by atoms with Gasteiger partial charge in [-0.1, -0.05) is 17.7 Å². The van der Waals surface area contributed by atoms with Gasteiger partial charge in [-0.15, -0.1) is 0 Å². The highest BCUT2D eigenvalue weighted by molar-refractivity contribution is 6.31. The minimum Gasteiger partial charge on any atom is -0.507 e. The van der Waals surface area contributed by atoms with Gasteiger partial charge in [0.15, 0.2) is 0 Å². The zero-order valence-electron chi connectivity index (χ0n) is 10.0. The third-order valence-corrected chi connectivity index (χ3v) is 2.81. The van der Waals surface area contributed by atoms with E-state index in [1.807, 2.05) is 0 Å². The SMILES string of the molecule is N#Cc1c(F)cccc1NC(=O)c1cc(Cl)ccc1O. The van der Waals surface area contributed by atoms with Crippen LogP contribution in [0.5, 0.6) is 5.75 Å². The Hall–Kier alpha value is -2.58.